The van der Waals surface area contributed by atoms with E-state index in [0.717, 1.165) is 0 Å². The van der Waals surface area contributed by atoms with Crippen LogP contribution in [0.4, 0.5) is 15.1 Å². The van der Waals surface area contributed by atoms with Crippen molar-refractivity contribution in [3.05, 3.63) is 52.6 Å². The summed E-state index contributed by atoms with van der Waals surface area (Å²) in [5.41, 5.74) is 0.450. The Morgan fingerprint density at radius 3 is 2.28 bits per heavy atom. The Kier molecular flexibility index (Phi) is 6.91. The average molecular weight is 498 g/mol. The molecular weight excluding hydrogens is 469 g/mol. The normalized spacial score (nSPS) is 14.1. The van der Waals surface area contributed by atoms with Crippen molar-refractivity contribution >= 4 is 29.0 Å². The molecule has 0 atom stereocenters. The molecule has 36 heavy (non-hydrogen) atoms. The highest BCUT2D eigenvalue weighted by Gasteiger charge is 2.28. The lowest BCUT2D eigenvalue weighted by Crippen LogP contribution is -2.51. The number of ether oxygens (including phenoxy) is 2. The molecule has 0 N–H and O–H groups in total. The number of aromatic nitrogens is 3. The molecular formula is C25H28FN5O5. The average Bonchev–Trinajstić information content (AvgIpc) is 2.85. The van der Waals surface area contributed by atoms with Gasteiger partial charge in [0.15, 0.2) is 5.52 Å². The van der Waals surface area contributed by atoms with Gasteiger partial charge in [-0.3, -0.25) is 14.2 Å². The lowest BCUT2D eigenvalue weighted by molar-refractivity contribution is -0.141. The number of piperazine rings is 1. The van der Waals surface area contributed by atoms with E-state index in [1.807, 2.05) is 4.90 Å². The minimum atomic E-state index is -0.610. The summed E-state index contributed by atoms with van der Waals surface area (Å²) >= 11 is 0. The van der Waals surface area contributed by atoms with Gasteiger partial charge in [-0.05, 0) is 57.2 Å². The zero-order valence-electron chi connectivity index (χ0n) is 20.7. The second kappa shape index (κ2) is 9.92. The Balaban J connectivity index is 1.68. The smallest absolute Gasteiger partial charge is 0.410 e. The lowest BCUT2D eigenvalue weighted by atomic mass is 10.1. The molecule has 190 valence electrons. The number of carbonyl (C=O) groups excluding carboxylic acids is 2. The van der Waals surface area contributed by atoms with Gasteiger partial charge in [0, 0.05) is 31.7 Å². The molecule has 0 unspecified atom stereocenters. The fourth-order valence-corrected chi connectivity index (χ4v) is 3.86. The van der Waals surface area contributed by atoms with Crippen LogP contribution in [0.1, 0.15) is 20.8 Å². The Morgan fingerprint density at radius 2 is 1.67 bits per heavy atom. The van der Waals surface area contributed by atoms with Crippen LogP contribution in [0.15, 0.2) is 41.2 Å². The van der Waals surface area contributed by atoms with Crippen LogP contribution in [0.3, 0.4) is 0 Å². The summed E-state index contributed by atoms with van der Waals surface area (Å²) in [6.07, 6.45) is -0.405. The number of carbonyl (C=O) groups is 2. The van der Waals surface area contributed by atoms with Crippen molar-refractivity contribution < 1.29 is 23.5 Å². The van der Waals surface area contributed by atoms with Crippen LogP contribution in [0, 0.1) is 5.82 Å². The molecule has 0 saturated carbocycles. The second-order valence-corrected chi connectivity index (χ2v) is 9.40. The van der Waals surface area contributed by atoms with Gasteiger partial charge in [-0.1, -0.05) is 0 Å². The predicted octanol–water partition coefficient (Wildman–Crippen LogP) is 2.83. The molecule has 1 saturated heterocycles. The fraction of sp³-hybridized carbons (Fsp3) is 0.400. The van der Waals surface area contributed by atoms with Gasteiger partial charge < -0.3 is 19.3 Å². The zero-order valence-corrected chi connectivity index (χ0v) is 20.7. The number of rotatable bonds is 4. The van der Waals surface area contributed by atoms with E-state index in [4.69, 9.17) is 9.47 Å². The Labute approximate surface area is 207 Å². The van der Waals surface area contributed by atoms with E-state index in [2.05, 4.69) is 9.97 Å². The van der Waals surface area contributed by atoms with Gasteiger partial charge in [0.1, 0.15) is 18.0 Å². The van der Waals surface area contributed by atoms with Crippen molar-refractivity contribution in [2.75, 3.05) is 38.2 Å². The summed E-state index contributed by atoms with van der Waals surface area (Å²) in [5.74, 6) is -0.697. The SMILES string of the molecule is COC(=O)Cn1c(N2CCN(C(=O)OC(C)(C)C)CC2)nc2ccc(-c3ccc(F)cc3)nc2c1=O. The molecule has 0 spiro atoms. The van der Waals surface area contributed by atoms with Crippen molar-refractivity contribution in [2.45, 2.75) is 32.9 Å². The summed E-state index contributed by atoms with van der Waals surface area (Å²) < 4.78 is 24.8. The molecule has 1 fully saturated rings. The van der Waals surface area contributed by atoms with Crippen molar-refractivity contribution in [3.8, 4) is 11.3 Å². The predicted molar refractivity (Wildman–Crippen MR) is 131 cm³/mol. The number of nitrogens with zero attached hydrogens (tertiary/aromatic N) is 5. The highest BCUT2D eigenvalue weighted by molar-refractivity contribution is 5.79. The van der Waals surface area contributed by atoms with E-state index >= 15 is 0 Å². The van der Waals surface area contributed by atoms with Gasteiger partial charge in [-0.15, -0.1) is 0 Å². The van der Waals surface area contributed by atoms with E-state index in [1.165, 1.54) is 23.8 Å². The van der Waals surface area contributed by atoms with E-state index in [-0.39, 0.29) is 23.8 Å². The maximum absolute atomic E-state index is 13.5. The van der Waals surface area contributed by atoms with Gasteiger partial charge >= 0.3 is 12.1 Å². The third-order valence-corrected chi connectivity index (χ3v) is 5.65. The first-order valence-corrected chi connectivity index (χ1v) is 11.5. The zero-order chi connectivity index (χ0) is 26.0. The Bertz CT molecular complexity index is 1340. The topological polar surface area (TPSA) is 107 Å². The first-order chi connectivity index (χ1) is 17.1. The highest BCUT2D eigenvalue weighted by Crippen LogP contribution is 2.22. The molecule has 2 aromatic heterocycles. The van der Waals surface area contributed by atoms with Gasteiger partial charge in [0.25, 0.3) is 5.56 Å². The van der Waals surface area contributed by atoms with Crippen molar-refractivity contribution in [1.29, 1.82) is 0 Å². The van der Waals surface area contributed by atoms with Crippen LogP contribution in [0.5, 0.6) is 0 Å². The van der Waals surface area contributed by atoms with Crippen molar-refractivity contribution in [2.24, 2.45) is 0 Å². The number of esters is 1. The monoisotopic (exact) mass is 497 g/mol. The van der Waals surface area contributed by atoms with E-state index in [1.54, 1.807) is 49.9 Å². The van der Waals surface area contributed by atoms with Crippen LogP contribution in [-0.4, -0.2) is 70.4 Å². The number of amides is 1. The standard InChI is InChI=1S/C25H28FN5O5/c1-25(2,3)36-24(34)30-13-11-29(12-14-30)23-28-19-10-9-18(16-5-7-17(26)8-6-16)27-21(19)22(33)31(23)15-20(32)35-4/h5-10H,11-15H2,1-4H3. The van der Waals surface area contributed by atoms with E-state index in [0.29, 0.717) is 43.0 Å². The molecule has 1 aromatic carbocycles. The molecule has 1 amide bonds. The number of benzene rings is 1. The van der Waals surface area contributed by atoms with Crippen molar-refractivity contribution in [3.63, 3.8) is 0 Å². The van der Waals surface area contributed by atoms with Gasteiger partial charge in [-0.2, -0.15) is 0 Å². The summed E-state index contributed by atoms with van der Waals surface area (Å²) in [7, 11) is 1.24. The van der Waals surface area contributed by atoms with Gasteiger partial charge in [-0.25, -0.2) is 19.2 Å². The Hall–Kier alpha value is -4.02. The van der Waals surface area contributed by atoms with E-state index < -0.39 is 23.2 Å². The molecule has 1 aliphatic rings. The number of pyridine rings is 1. The maximum atomic E-state index is 13.5. The van der Waals surface area contributed by atoms with Gasteiger partial charge in [0.2, 0.25) is 5.95 Å². The number of anilines is 1. The van der Waals surface area contributed by atoms with E-state index in [9.17, 15) is 18.8 Å². The third-order valence-electron chi connectivity index (χ3n) is 5.65. The van der Waals surface area contributed by atoms with Gasteiger partial charge in [0.05, 0.1) is 18.3 Å². The molecule has 1 aliphatic heterocycles. The molecule has 0 aliphatic carbocycles. The van der Waals surface area contributed by atoms with Crippen LogP contribution in [-0.2, 0) is 20.8 Å². The lowest BCUT2D eigenvalue weighted by Gasteiger charge is -2.36. The number of halogens is 1. The number of hydrogen-bond donors (Lipinski definition) is 0. The Morgan fingerprint density at radius 1 is 1.00 bits per heavy atom. The summed E-state index contributed by atoms with van der Waals surface area (Å²) in [4.78, 5) is 50.6. The molecule has 10 nitrogen and oxygen atoms in total. The van der Waals surface area contributed by atoms with Crippen LogP contribution >= 0.6 is 0 Å². The minimum Gasteiger partial charge on any atom is -0.468 e. The molecule has 11 heteroatoms. The second-order valence-electron chi connectivity index (χ2n) is 9.40. The quantitative estimate of drug-likeness (QED) is 0.507. The molecule has 3 heterocycles. The first-order valence-electron chi connectivity index (χ1n) is 11.5. The third kappa shape index (κ3) is 5.45. The highest BCUT2D eigenvalue weighted by atomic mass is 19.1. The number of fused-ring (bicyclic) bond motifs is 1. The fourth-order valence-electron chi connectivity index (χ4n) is 3.86. The molecule has 3 aromatic rings. The summed E-state index contributed by atoms with van der Waals surface area (Å²) in [5, 5.41) is 0. The first kappa shape index (κ1) is 25.1. The van der Waals surface area contributed by atoms with Crippen LogP contribution < -0.4 is 10.5 Å². The minimum absolute atomic E-state index is 0.0804. The van der Waals surface area contributed by atoms with Crippen LogP contribution in [0.2, 0.25) is 0 Å². The molecule has 4 rings (SSSR count). The summed E-state index contributed by atoms with van der Waals surface area (Å²) in [6, 6.07) is 9.15. The maximum Gasteiger partial charge on any atom is 0.410 e. The van der Waals surface area contributed by atoms with Crippen molar-refractivity contribution in [1.82, 2.24) is 19.4 Å². The molecule has 0 bridgehead atoms. The summed E-state index contributed by atoms with van der Waals surface area (Å²) in [6.45, 7) is 6.58. The molecule has 0 radical (unpaired) electrons. The number of methoxy groups -OCH3 is 1. The number of hydrogen-bond acceptors (Lipinski definition) is 8. The van der Waals surface area contributed by atoms with Crippen LogP contribution in [0.25, 0.3) is 22.3 Å². The largest absolute Gasteiger partial charge is 0.468 e.